The number of carbonyl (C=O) groups excluding carboxylic acids is 7. The first kappa shape index (κ1) is 52.0. The highest BCUT2D eigenvalue weighted by molar-refractivity contribution is 5.78. The van der Waals surface area contributed by atoms with Crippen LogP contribution in [-0.4, -0.2) is 187 Å². The summed E-state index contributed by atoms with van der Waals surface area (Å²) in [6.07, 6.45) is 1.52. The summed E-state index contributed by atoms with van der Waals surface area (Å²) in [7, 11) is 0. The quantitative estimate of drug-likeness (QED) is 0.0282. The Morgan fingerprint density at radius 2 is 0.518 bits per heavy atom. The highest BCUT2D eigenvalue weighted by Crippen LogP contribution is 1.99. The summed E-state index contributed by atoms with van der Waals surface area (Å²) < 4.78 is 0. The van der Waals surface area contributed by atoms with Crippen molar-refractivity contribution in [3.05, 3.63) is 0 Å². The molecule has 0 aromatic carbocycles. The summed E-state index contributed by atoms with van der Waals surface area (Å²) in [6.45, 7) is 9.10. The standard InChI is InChI=1S/C35H72N14O7/c1-2-29(50)44-17-26-47(24-7-34(55)45-18-27-48(20-3-30(51)40-13-9-36)21-4-31(52)41-14-10-37)25-8-35(56)46-19-28-49(22-5-32(53)42-15-11-38)23-6-33(54)43-16-12-39/h2-28,36-39H2,1H3,(H,40,51)(H,41,52)(H,42,53)(H,43,54)(H,44,50)(H,45,55)(H,46,56). The van der Waals surface area contributed by atoms with Crippen LogP contribution >= 0.6 is 0 Å². The van der Waals surface area contributed by atoms with Gasteiger partial charge in [0.25, 0.3) is 0 Å². The first-order valence-electron chi connectivity index (χ1n) is 19.8. The lowest BCUT2D eigenvalue weighted by atomic mass is 10.2. The van der Waals surface area contributed by atoms with Crippen LogP contribution in [0.25, 0.3) is 0 Å². The van der Waals surface area contributed by atoms with Crippen LogP contribution in [0.1, 0.15) is 51.9 Å². The maximum absolute atomic E-state index is 12.8. The van der Waals surface area contributed by atoms with Gasteiger partial charge in [-0.3, -0.25) is 33.6 Å². The van der Waals surface area contributed by atoms with Crippen molar-refractivity contribution in [1.82, 2.24) is 51.9 Å². The molecule has 0 aliphatic heterocycles. The Kier molecular flexibility index (Phi) is 32.9. The average Bonchev–Trinajstić information content (AvgIpc) is 3.19. The second kappa shape index (κ2) is 35.4. The molecule has 0 heterocycles. The third kappa shape index (κ3) is 31.2. The molecule has 21 heteroatoms. The topological polar surface area (TPSA) is 317 Å². The Bertz CT molecular complexity index is 1010. The molecule has 324 valence electrons. The van der Waals surface area contributed by atoms with Gasteiger partial charge in [-0.2, -0.15) is 0 Å². The molecule has 0 aromatic rings. The average molecular weight is 801 g/mol. The van der Waals surface area contributed by atoms with Gasteiger partial charge in [-0.25, -0.2) is 0 Å². The summed E-state index contributed by atoms with van der Waals surface area (Å²) in [5, 5.41) is 19.5. The fraction of sp³-hybridized carbons (Fsp3) is 0.800. The maximum atomic E-state index is 12.8. The largest absolute Gasteiger partial charge is 0.355 e. The van der Waals surface area contributed by atoms with Crippen LogP contribution in [0.2, 0.25) is 0 Å². The van der Waals surface area contributed by atoms with Crippen molar-refractivity contribution in [2.75, 3.05) is 131 Å². The zero-order chi connectivity index (χ0) is 41.8. The summed E-state index contributed by atoms with van der Waals surface area (Å²) in [6, 6.07) is 0. The van der Waals surface area contributed by atoms with Crippen molar-refractivity contribution in [3.63, 3.8) is 0 Å². The van der Waals surface area contributed by atoms with Crippen molar-refractivity contribution in [3.8, 4) is 0 Å². The highest BCUT2D eigenvalue weighted by Gasteiger charge is 2.15. The second-order valence-electron chi connectivity index (χ2n) is 13.0. The first-order chi connectivity index (χ1) is 27.0. The molecule has 0 saturated heterocycles. The Morgan fingerprint density at radius 1 is 0.321 bits per heavy atom. The Labute approximate surface area is 332 Å². The van der Waals surface area contributed by atoms with E-state index in [4.69, 9.17) is 22.9 Å². The van der Waals surface area contributed by atoms with Crippen LogP contribution in [0.4, 0.5) is 0 Å². The molecule has 56 heavy (non-hydrogen) atoms. The lowest BCUT2D eigenvalue weighted by molar-refractivity contribution is -0.123. The van der Waals surface area contributed by atoms with E-state index in [1.54, 1.807) is 6.92 Å². The van der Waals surface area contributed by atoms with E-state index in [1.807, 2.05) is 14.7 Å². The zero-order valence-electron chi connectivity index (χ0n) is 33.6. The van der Waals surface area contributed by atoms with E-state index >= 15 is 0 Å². The van der Waals surface area contributed by atoms with Crippen LogP contribution in [0.15, 0.2) is 0 Å². The summed E-state index contributed by atoms with van der Waals surface area (Å²) in [4.78, 5) is 91.8. The van der Waals surface area contributed by atoms with E-state index in [-0.39, 0.29) is 79.9 Å². The SMILES string of the molecule is CCC(=O)NCCN(CCC(=O)NCCN(CCC(=O)NCCN)CCC(=O)NCCN)CCC(=O)NCCN(CCC(=O)NCCN)CCC(=O)NCCN. The van der Waals surface area contributed by atoms with Crippen LogP contribution < -0.4 is 60.2 Å². The number of carbonyl (C=O) groups is 7. The van der Waals surface area contributed by atoms with Gasteiger partial charge in [-0.1, -0.05) is 6.92 Å². The summed E-state index contributed by atoms with van der Waals surface area (Å²) >= 11 is 0. The predicted molar refractivity (Wildman–Crippen MR) is 215 cm³/mol. The molecular formula is C35H72N14O7. The zero-order valence-corrected chi connectivity index (χ0v) is 33.6. The minimum Gasteiger partial charge on any atom is -0.355 e. The number of rotatable bonds is 36. The number of nitrogens with one attached hydrogen (secondary N) is 7. The summed E-state index contributed by atoms with van der Waals surface area (Å²) in [5.74, 6) is -1.10. The van der Waals surface area contributed by atoms with Crippen molar-refractivity contribution in [1.29, 1.82) is 0 Å². The molecule has 15 N–H and O–H groups in total. The molecule has 0 aliphatic carbocycles. The van der Waals surface area contributed by atoms with E-state index in [0.29, 0.717) is 137 Å². The lowest BCUT2D eigenvalue weighted by Gasteiger charge is -2.24. The highest BCUT2D eigenvalue weighted by atomic mass is 16.2. The van der Waals surface area contributed by atoms with Crippen LogP contribution in [0.3, 0.4) is 0 Å². The number of nitrogens with two attached hydrogens (primary N) is 4. The molecule has 7 amide bonds. The van der Waals surface area contributed by atoms with Gasteiger partial charge >= 0.3 is 0 Å². The Morgan fingerprint density at radius 3 is 0.714 bits per heavy atom. The van der Waals surface area contributed by atoms with Gasteiger partial charge in [-0.15, -0.1) is 0 Å². The lowest BCUT2D eigenvalue weighted by Crippen LogP contribution is -2.42. The molecule has 0 aromatic heterocycles. The van der Waals surface area contributed by atoms with Crippen molar-refractivity contribution in [2.45, 2.75) is 51.9 Å². The summed E-state index contributed by atoms with van der Waals surface area (Å²) in [5.41, 5.74) is 21.8. The molecule has 0 spiro atoms. The molecule has 0 unspecified atom stereocenters. The molecule has 0 fully saturated rings. The molecule has 0 radical (unpaired) electrons. The van der Waals surface area contributed by atoms with Gasteiger partial charge in [0.05, 0.1) is 0 Å². The molecule has 0 saturated carbocycles. The third-order valence-corrected chi connectivity index (χ3v) is 8.37. The molecule has 0 aliphatic rings. The van der Waals surface area contributed by atoms with Gasteiger partial charge in [0, 0.05) is 176 Å². The molecule has 0 rings (SSSR count). The molecule has 21 nitrogen and oxygen atoms in total. The number of amides is 7. The van der Waals surface area contributed by atoms with E-state index in [1.165, 1.54) is 0 Å². The fourth-order valence-electron chi connectivity index (χ4n) is 5.13. The fourth-order valence-corrected chi connectivity index (χ4v) is 5.13. The Balaban J connectivity index is 5.07. The number of nitrogens with zero attached hydrogens (tertiary/aromatic N) is 3. The predicted octanol–water partition coefficient (Wildman–Crippen LogP) is -5.71. The van der Waals surface area contributed by atoms with Gasteiger partial charge in [0.2, 0.25) is 41.4 Å². The van der Waals surface area contributed by atoms with Crippen molar-refractivity contribution in [2.24, 2.45) is 22.9 Å². The van der Waals surface area contributed by atoms with E-state index in [2.05, 4.69) is 37.2 Å². The molecule has 0 bridgehead atoms. The maximum Gasteiger partial charge on any atom is 0.221 e. The van der Waals surface area contributed by atoms with Crippen LogP contribution in [0, 0.1) is 0 Å². The third-order valence-electron chi connectivity index (χ3n) is 8.37. The molecular weight excluding hydrogens is 728 g/mol. The van der Waals surface area contributed by atoms with Gasteiger partial charge < -0.3 is 74.9 Å². The smallest absolute Gasteiger partial charge is 0.221 e. The number of hydrogen-bond donors (Lipinski definition) is 11. The normalized spacial score (nSPS) is 11.0. The van der Waals surface area contributed by atoms with Gasteiger partial charge in [0.15, 0.2) is 0 Å². The molecule has 0 atom stereocenters. The van der Waals surface area contributed by atoms with Gasteiger partial charge in [0.1, 0.15) is 0 Å². The first-order valence-corrected chi connectivity index (χ1v) is 19.8. The van der Waals surface area contributed by atoms with Crippen molar-refractivity contribution >= 4 is 41.4 Å². The van der Waals surface area contributed by atoms with Crippen LogP contribution in [-0.2, 0) is 33.6 Å². The van der Waals surface area contributed by atoms with Gasteiger partial charge in [-0.05, 0) is 0 Å². The van der Waals surface area contributed by atoms with Crippen molar-refractivity contribution < 1.29 is 33.6 Å². The minimum atomic E-state index is -0.202. The second-order valence-corrected chi connectivity index (χ2v) is 13.0. The van der Waals surface area contributed by atoms with E-state index in [0.717, 1.165) is 0 Å². The van der Waals surface area contributed by atoms with E-state index in [9.17, 15) is 33.6 Å². The minimum absolute atomic E-state index is 0.100. The van der Waals surface area contributed by atoms with Crippen LogP contribution in [0.5, 0.6) is 0 Å². The number of hydrogen-bond acceptors (Lipinski definition) is 14. The Hall–Kier alpha value is -3.99. The van der Waals surface area contributed by atoms with E-state index < -0.39 is 0 Å². The monoisotopic (exact) mass is 801 g/mol.